The van der Waals surface area contributed by atoms with Crippen LogP contribution in [0.25, 0.3) is 0 Å². The number of anilines is 1. The van der Waals surface area contributed by atoms with Gasteiger partial charge in [-0.1, -0.05) is 32.0 Å². The lowest BCUT2D eigenvalue weighted by atomic mass is 10.1. The minimum Gasteiger partial charge on any atom is -0.454 e. The Morgan fingerprint density at radius 1 is 1.16 bits per heavy atom. The minimum atomic E-state index is -3.95. The van der Waals surface area contributed by atoms with Crippen LogP contribution < -0.4 is 15.8 Å². The number of rotatable bonds is 9. The molecule has 1 heterocycles. The van der Waals surface area contributed by atoms with Crippen molar-refractivity contribution in [1.82, 2.24) is 4.72 Å². The zero-order valence-corrected chi connectivity index (χ0v) is 19.3. The zero-order valence-electron chi connectivity index (χ0n) is 17.7. The molecule has 32 heavy (non-hydrogen) atoms. The van der Waals surface area contributed by atoms with Crippen molar-refractivity contribution >= 4 is 44.1 Å². The van der Waals surface area contributed by atoms with Crippen molar-refractivity contribution in [3.63, 3.8) is 0 Å². The molecule has 1 atom stereocenters. The number of fused-ring (bicyclic) bond motifs is 1. The number of amides is 2. The maximum Gasteiger partial charge on any atom is 0.324 e. The summed E-state index contributed by atoms with van der Waals surface area (Å²) in [6.07, 6.45) is 2.48. The number of nitrogens with one attached hydrogen (secondary N) is 2. The lowest BCUT2D eigenvalue weighted by Gasteiger charge is -2.20. The molecule has 1 aliphatic carbocycles. The van der Waals surface area contributed by atoms with Crippen LogP contribution in [-0.4, -0.2) is 38.9 Å². The van der Waals surface area contributed by atoms with E-state index in [1.54, 1.807) is 32.0 Å². The van der Waals surface area contributed by atoms with Crippen molar-refractivity contribution in [1.29, 1.82) is 0 Å². The lowest BCUT2D eigenvalue weighted by Crippen LogP contribution is -2.45. The van der Waals surface area contributed by atoms with Crippen molar-refractivity contribution in [2.75, 3.05) is 11.9 Å². The average molecular weight is 480 g/mol. The van der Waals surface area contributed by atoms with Gasteiger partial charge in [0.15, 0.2) is 6.61 Å². The largest absolute Gasteiger partial charge is 0.454 e. The molecule has 0 saturated carbocycles. The smallest absolute Gasteiger partial charge is 0.324 e. The van der Waals surface area contributed by atoms with E-state index in [2.05, 4.69) is 10.0 Å². The highest BCUT2D eigenvalue weighted by atomic mass is 32.2. The molecular formula is C21H25N3O6S2. The Kier molecular flexibility index (Phi) is 7.32. The normalized spacial score (nSPS) is 14.1. The van der Waals surface area contributed by atoms with Crippen LogP contribution in [0.4, 0.5) is 5.00 Å². The van der Waals surface area contributed by atoms with Crippen molar-refractivity contribution in [3.05, 3.63) is 46.3 Å². The van der Waals surface area contributed by atoms with Gasteiger partial charge in [-0.2, -0.15) is 4.72 Å². The Balaban J connectivity index is 1.63. The van der Waals surface area contributed by atoms with Crippen LogP contribution in [0.2, 0.25) is 0 Å². The average Bonchev–Trinajstić information content (AvgIpc) is 3.31. The van der Waals surface area contributed by atoms with E-state index in [0.29, 0.717) is 10.6 Å². The van der Waals surface area contributed by atoms with Crippen molar-refractivity contribution in [3.8, 4) is 0 Å². The molecule has 9 nitrogen and oxygen atoms in total. The van der Waals surface area contributed by atoms with E-state index in [9.17, 15) is 22.8 Å². The maximum atomic E-state index is 12.6. The van der Waals surface area contributed by atoms with Crippen LogP contribution >= 0.6 is 11.3 Å². The van der Waals surface area contributed by atoms with Gasteiger partial charge in [-0.15, -0.1) is 11.3 Å². The molecule has 0 saturated heterocycles. The van der Waals surface area contributed by atoms with E-state index < -0.39 is 46.4 Å². The van der Waals surface area contributed by atoms with E-state index in [-0.39, 0.29) is 4.90 Å². The number of aryl methyl sites for hydroxylation is 1. The van der Waals surface area contributed by atoms with E-state index in [4.69, 9.17) is 10.5 Å². The molecule has 1 aromatic carbocycles. The van der Waals surface area contributed by atoms with Crippen LogP contribution in [0.15, 0.2) is 35.2 Å². The van der Waals surface area contributed by atoms with Crippen LogP contribution in [0, 0.1) is 5.92 Å². The summed E-state index contributed by atoms with van der Waals surface area (Å²) < 4.78 is 32.5. The van der Waals surface area contributed by atoms with Gasteiger partial charge in [0.2, 0.25) is 10.0 Å². The molecule has 0 aliphatic heterocycles. The number of ether oxygens (including phenoxy) is 1. The van der Waals surface area contributed by atoms with Crippen molar-refractivity contribution in [2.45, 2.75) is 44.0 Å². The number of nitrogens with two attached hydrogens (primary N) is 1. The first kappa shape index (κ1) is 23.9. The van der Waals surface area contributed by atoms with Gasteiger partial charge in [0.25, 0.3) is 11.8 Å². The molecule has 1 unspecified atom stereocenters. The number of hydrogen-bond acceptors (Lipinski definition) is 7. The van der Waals surface area contributed by atoms with Gasteiger partial charge in [-0.25, -0.2) is 8.42 Å². The minimum absolute atomic E-state index is 0.0147. The maximum absolute atomic E-state index is 12.6. The van der Waals surface area contributed by atoms with Crippen LogP contribution in [0.5, 0.6) is 0 Å². The fraction of sp³-hybridized carbons (Fsp3) is 0.381. The van der Waals surface area contributed by atoms with E-state index in [1.807, 2.05) is 0 Å². The molecule has 0 radical (unpaired) electrons. The molecule has 172 valence electrons. The summed E-state index contributed by atoms with van der Waals surface area (Å²) in [6.45, 7) is 2.69. The number of carbonyl (C=O) groups is 3. The monoisotopic (exact) mass is 479 g/mol. The summed E-state index contributed by atoms with van der Waals surface area (Å²) in [5, 5.41) is 2.92. The van der Waals surface area contributed by atoms with Gasteiger partial charge in [-0.05, 0) is 42.9 Å². The number of sulfonamides is 1. The Bertz CT molecular complexity index is 1130. The summed E-state index contributed by atoms with van der Waals surface area (Å²) in [4.78, 5) is 37.7. The number of hydrogen-bond donors (Lipinski definition) is 3. The Labute approximate surface area is 190 Å². The van der Waals surface area contributed by atoms with Gasteiger partial charge >= 0.3 is 5.97 Å². The van der Waals surface area contributed by atoms with Crippen LogP contribution in [-0.2, 0) is 37.2 Å². The number of primary amides is 1. The Morgan fingerprint density at radius 3 is 2.47 bits per heavy atom. The highest BCUT2D eigenvalue weighted by molar-refractivity contribution is 7.89. The molecule has 0 fully saturated rings. The van der Waals surface area contributed by atoms with Gasteiger partial charge in [0.1, 0.15) is 11.0 Å². The van der Waals surface area contributed by atoms with E-state index in [0.717, 1.165) is 29.7 Å². The number of benzene rings is 1. The second kappa shape index (κ2) is 9.80. The van der Waals surface area contributed by atoms with Gasteiger partial charge in [0.05, 0.1) is 10.5 Å². The van der Waals surface area contributed by atoms with Crippen molar-refractivity contribution < 1.29 is 27.5 Å². The molecule has 2 aromatic rings. The third-order valence-corrected chi connectivity index (χ3v) is 7.69. The summed E-state index contributed by atoms with van der Waals surface area (Å²) >= 11 is 1.29. The first-order chi connectivity index (χ1) is 15.1. The second-order valence-corrected chi connectivity index (χ2v) is 10.6. The van der Waals surface area contributed by atoms with Gasteiger partial charge < -0.3 is 15.8 Å². The fourth-order valence-electron chi connectivity index (χ4n) is 3.43. The second-order valence-electron chi connectivity index (χ2n) is 7.74. The summed E-state index contributed by atoms with van der Waals surface area (Å²) in [5.41, 5.74) is 6.64. The predicted molar refractivity (Wildman–Crippen MR) is 120 cm³/mol. The summed E-state index contributed by atoms with van der Waals surface area (Å²) in [5.74, 6) is -2.56. The molecule has 1 aliphatic rings. The predicted octanol–water partition coefficient (Wildman–Crippen LogP) is 1.82. The first-order valence-electron chi connectivity index (χ1n) is 10.1. The molecule has 1 aromatic heterocycles. The first-order valence-corrected chi connectivity index (χ1v) is 12.4. The number of esters is 1. The van der Waals surface area contributed by atoms with Gasteiger partial charge in [0, 0.05) is 4.88 Å². The van der Waals surface area contributed by atoms with Gasteiger partial charge in [-0.3, -0.25) is 14.4 Å². The summed E-state index contributed by atoms with van der Waals surface area (Å²) in [7, 11) is -3.95. The molecule has 0 bridgehead atoms. The van der Waals surface area contributed by atoms with E-state index in [1.165, 1.54) is 23.5 Å². The fourth-order valence-corrected chi connectivity index (χ4v) is 6.10. The summed E-state index contributed by atoms with van der Waals surface area (Å²) in [6, 6.07) is 6.46. The molecule has 2 amide bonds. The molecule has 0 spiro atoms. The van der Waals surface area contributed by atoms with E-state index >= 15 is 0 Å². The Morgan fingerprint density at radius 2 is 1.84 bits per heavy atom. The quantitative estimate of drug-likeness (QED) is 0.468. The standard InChI is InChI=1S/C21H25N3O6S2/c1-12(2)18(24-32(28,29)13-7-4-3-5-8-13)21(27)30-11-16(25)23-20-17(19(22)26)14-9-6-10-15(14)31-20/h3-5,7-8,12,18,24H,6,9-11H2,1-2H3,(H2,22,26)(H,23,25). The molecule has 4 N–H and O–H groups in total. The molecular weight excluding hydrogens is 454 g/mol. The molecule has 11 heteroatoms. The third-order valence-electron chi connectivity index (χ3n) is 5.02. The lowest BCUT2D eigenvalue weighted by molar-refractivity contribution is -0.150. The zero-order chi connectivity index (χ0) is 23.5. The van der Waals surface area contributed by atoms with Crippen molar-refractivity contribution in [2.24, 2.45) is 11.7 Å². The number of thiophene rings is 1. The third kappa shape index (κ3) is 5.34. The highest BCUT2D eigenvalue weighted by Gasteiger charge is 2.31. The van der Waals surface area contributed by atoms with Crippen LogP contribution in [0.3, 0.4) is 0 Å². The van der Waals surface area contributed by atoms with Crippen LogP contribution in [0.1, 0.15) is 41.1 Å². The number of carbonyl (C=O) groups excluding carboxylic acids is 3. The Hall–Kier alpha value is -2.76. The molecule has 3 rings (SSSR count). The topological polar surface area (TPSA) is 145 Å². The highest BCUT2D eigenvalue weighted by Crippen LogP contribution is 2.38. The SMILES string of the molecule is CC(C)C(NS(=O)(=O)c1ccccc1)C(=O)OCC(=O)Nc1sc2c(c1C(N)=O)CCC2.